The van der Waals surface area contributed by atoms with Crippen LogP contribution >= 0.6 is 23.2 Å². The van der Waals surface area contributed by atoms with Gasteiger partial charge in [0.1, 0.15) is 0 Å². The summed E-state index contributed by atoms with van der Waals surface area (Å²) in [6.45, 7) is 0.905. The van der Waals surface area contributed by atoms with E-state index in [2.05, 4.69) is 10.0 Å². The molecule has 8 heteroatoms. The maximum absolute atomic E-state index is 10.8. The van der Waals surface area contributed by atoms with E-state index in [1.54, 1.807) is 12.1 Å². The van der Waals surface area contributed by atoms with Crippen LogP contribution in [0.15, 0.2) is 12.1 Å². The summed E-state index contributed by atoms with van der Waals surface area (Å²) < 4.78 is 24.0. The van der Waals surface area contributed by atoms with E-state index >= 15 is 0 Å². The molecule has 1 aromatic rings. The fourth-order valence-electron chi connectivity index (χ4n) is 1.32. The molecule has 0 aliphatic heterocycles. The van der Waals surface area contributed by atoms with Crippen LogP contribution < -0.4 is 15.8 Å². The molecule has 0 aliphatic rings. The predicted molar refractivity (Wildman–Crippen MR) is 76.8 cm³/mol. The van der Waals surface area contributed by atoms with Crippen LogP contribution in [0.4, 0.5) is 11.4 Å². The Hall–Kier alpha value is -0.690. The number of rotatable bonds is 6. The molecule has 4 N–H and O–H groups in total. The van der Waals surface area contributed by atoms with Gasteiger partial charge in [0.2, 0.25) is 10.0 Å². The Morgan fingerprint density at radius 3 is 2.28 bits per heavy atom. The summed E-state index contributed by atoms with van der Waals surface area (Å²) >= 11 is 12.0. The average Bonchev–Trinajstić information content (AvgIpc) is 2.19. The molecule has 0 unspecified atom stereocenters. The van der Waals surface area contributed by atoms with E-state index in [4.69, 9.17) is 28.9 Å². The van der Waals surface area contributed by atoms with Gasteiger partial charge in [-0.15, -0.1) is 0 Å². The first-order valence-corrected chi connectivity index (χ1v) is 7.87. The number of hydrogen-bond acceptors (Lipinski definition) is 4. The Morgan fingerprint density at radius 1 is 1.22 bits per heavy atom. The molecule has 102 valence electrons. The smallest absolute Gasteiger partial charge is 0.208 e. The van der Waals surface area contributed by atoms with Gasteiger partial charge < -0.3 is 11.1 Å². The van der Waals surface area contributed by atoms with Crippen molar-refractivity contribution in [3.05, 3.63) is 22.2 Å². The molecule has 0 radical (unpaired) electrons. The number of anilines is 2. The molecule has 0 amide bonds. The largest absolute Gasteiger partial charge is 0.399 e. The third-order valence-corrected chi connectivity index (χ3v) is 3.41. The molecule has 5 nitrogen and oxygen atoms in total. The summed E-state index contributed by atoms with van der Waals surface area (Å²) in [5.41, 5.74) is 6.68. The van der Waals surface area contributed by atoms with Crippen LogP contribution in [0, 0.1) is 0 Å². The highest BCUT2D eigenvalue weighted by Crippen LogP contribution is 2.32. The molecule has 0 heterocycles. The van der Waals surface area contributed by atoms with Crippen molar-refractivity contribution in [2.75, 3.05) is 30.4 Å². The number of hydrogen-bond donors (Lipinski definition) is 3. The summed E-state index contributed by atoms with van der Waals surface area (Å²) in [6, 6.07) is 3.20. The van der Waals surface area contributed by atoms with Crippen LogP contribution in [0.2, 0.25) is 10.0 Å². The van der Waals surface area contributed by atoms with Crippen molar-refractivity contribution >= 4 is 44.6 Å². The molecule has 0 spiro atoms. The quantitative estimate of drug-likeness (QED) is 0.553. The van der Waals surface area contributed by atoms with Crippen LogP contribution in [0.1, 0.15) is 6.42 Å². The Bertz CT molecular complexity index is 497. The Kier molecular flexibility index (Phi) is 5.52. The lowest BCUT2D eigenvalue weighted by molar-refractivity contribution is 0.586. The lowest BCUT2D eigenvalue weighted by Crippen LogP contribution is -2.24. The van der Waals surface area contributed by atoms with Crippen molar-refractivity contribution in [2.24, 2.45) is 0 Å². The van der Waals surface area contributed by atoms with Gasteiger partial charge in [0, 0.05) is 18.8 Å². The third kappa shape index (κ3) is 5.30. The molecule has 0 atom stereocenters. The number of nitrogens with two attached hydrogens (primary N) is 1. The van der Waals surface area contributed by atoms with Crippen LogP contribution in [0.3, 0.4) is 0 Å². The summed E-state index contributed by atoms with van der Waals surface area (Å²) in [5.74, 6) is 0. The van der Waals surface area contributed by atoms with Crippen molar-refractivity contribution in [3.8, 4) is 0 Å². The summed E-state index contributed by atoms with van der Waals surface area (Å²) in [7, 11) is -3.14. The van der Waals surface area contributed by atoms with Gasteiger partial charge in [-0.2, -0.15) is 0 Å². The second kappa shape index (κ2) is 6.47. The van der Waals surface area contributed by atoms with Gasteiger partial charge in [0.25, 0.3) is 0 Å². The number of benzene rings is 1. The molecule has 0 fully saturated rings. The standard InChI is InChI=1S/C10H15Cl2N3O2S/c1-18(16,17)15-4-2-3-14-10-8(11)5-7(13)6-9(10)12/h5-6,14-15H,2-4,13H2,1H3. The maximum atomic E-state index is 10.8. The van der Waals surface area contributed by atoms with Gasteiger partial charge in [-0.25, -0.2) is 13.1 Å². The van der Waals surface area contributed by atoms with Crippen molar-refractivity contribution in [1.29, 1.82) is 0 Å². The van der Waals surface area contributed by atoms with Crippen LogP contribution in [0.25, 0.3) is 0 Å². The van der Waals surface area contributed by atoms with E-state index in [-0.39, 0.29) is 0 Å². The number of nitrogen functional groups attached to an aromatic ring is 1. The zero-order valence-corrected chi connectivity index (χ0v) is 12.2. The molecule has 0 saturated carbocycles. The molecule has 0 aliphatic carbocycles. The normalized spacial score (nSPS) is 11.5. The highest BCUT2D eigenvalue weighted by Gasteiger charge is 2.06. The monoisotopic (exact) mass is 311 g/mol. The molecule has 1 aromatic carbocycles. The zero-order valence-electron chi connectivity index (χ0n) is 9.83. The first kappa shape index (κ1) is 15.4. The Labute approximate surface area is 117 Å². The van der Waals surface area contributed by atoms with E-state index in [1.165, 1.54) is 0 Å². The minimum Gasteiger partial charge on any atom is -0.399 e. The Morgan fingerprint density at radius 2 is 1.78 bits per heavy atom. The van der Waals surface area contributed by atoms with Gasteiger partial charge in [0.05, 0.1) is 22.0 Å². The third-order valence-electron chi connectivity index (χ3n) is 2.08. The minimum absolute atomic E-state index is 0.357. The summed E-state index contributed by atoms with van der Waals surface area (Å²) in [6.07, 6.45) is 1.73. The zero-order chi connectivity index (χ0) is 13.8. The van der Waals surface area contributed by atoms with E-state index in [1.807, 2.05) is 0 Å². The second-order valence-electron chi connectivity index (χ2n) is 3.81. The highest BCUT2D eigenvalue weighted by atomic mass is 35.5. The fourth-order valence-corrected chi connectivity index (χ4v) is 2.47. The Balaban J connectivity index is 2.45. The topological polar surface area (TPSA) is 84.2 Å². The molecule has 18 heavy (non-hydrogen) atoms. The molecular weight excluding hydrogens is 297 g/mol. The number of nitrogens with one attached hydrogen (secondary N) is 2. The minimum atomic E-state index is -3.14. The van der Waals surface area contributed by atoms with E-state index in [0.29, 0.717) is 40.9 Å². The lowest BCUT2D eigenvalue weighted by atomic mass is 10.2. The first-order valence-electron chi connectivity index (χ1n) is 5.22. The highest BCUT2D eigenvalue weighted by molar-refractivity contribution is 7.88. The molecule has 0 aromatic heterocycles. The van der Waals surface area contributed by atoms with Crippen molar-refractivity contribution in [1.82, 2.24) is 4.72 Å². The first-order chi connectivity index (χ1) is 8.29. The molecule has 1 rings (SSSR count). The summed E-state index contributed by atoms with van der Waals surface area (Å²) in [5, 5.41) is 3.92. The van der Waals surface area contributed by atoms with Gasteiger partial charge >= 0.3 is 0 Å². The second-order valence-corrected chi connectivity index (χ2v) is 6.45. The van der Waals surface area contributed by atoms with E-state index < -0.39 is 10.0 Å². The maximum Gasteiger partial charge on any atom is 0.208 e. The van der Waals surface area contributed by atoms with Crippen molar-refractivity contribution in [2.45, 2.75) is 6.42 Å². The lowest BCUT2D eigenvalue weighted by Gasteiger charge is -2.11. The summed E-state index contributed by atoms with van der Waals surface area (Å²) in [4.78, 5) is 0. The molecule has 0 saturated heterocycles. The van der Waals surface area contributed by atoms with Gasteiger partial charge in [-0.05, 0) is 18.6 Å². The predicted octanol–water partition coefficient (Wildman–Crippen LogP) is 1.93. The SMILES string of the molecule is CS(=O)(=O)NCCCNc1c(Cl)cc(N)cc1Cl. The molecule has 0 bridgehead atoms. The van der Waals surface area contributed by atoms with Gasteiger partial charge in [-0.1, -0.05) is 23.2 Å². The van der Waals surface area contributed by atoms with Crippen LogP contribution in [-0.4, -0.2) is 27.8 Å². The average molecular weight is 312 g/mol. The number of halogens is 2. The van der Waals surface area contributed by atoms with E-state index in [9.17, 15) is 8.42 Å². The number of sulfonamides is 1. The fraction of sp³-hybridized carbons (Fsp3) is 0.400. The molecular formula is C10H15Cl2N3O2S. The van der Waals surface area contributed by atoms with Crippen LogP contribution in [-0.2, 0) is 10.0 Å². The van der Waals surface area contributed by atoms with E-state index in [0.717, 1.165) is 6.26 Å². The van der Waals surface area contributed by atoms with Crippen LogP contribution in [0.5, 0.6) is 0 Å². The van der Waals surface area contributed by atoms with Gasteiger partial charge in [-0.3, -0.25) is 0 Å². The van der Waals surface area contributed by atoms with Crippen molar-refractivity contribution < 1.29 is 8.42 Å². The van der Waals surface area contributed by atoms with Crippen molar-refractivity contribution in [3.63, 3.8) is 0 Å². The van der Waals surface area contributed by atoms with Gasteiger partial charge in [0.15, 0.2) is 0 Å².